The maximum absolute atomic E-state index is 5.67. The van der Waals surface area contributed by atoms with E-state index in [0.29, 0.717) is 0 Å². The number of hydrogen-bond acceptors (Lipinski definition) is 4. The van der Waals surface area contributed by atoms with E-state index >= 15 is 0 Å². The van der Waals surface area contributed by atoms with Crippen molar-refractivity contribution in [2.24, 2.45) is 5.73 Å². The number of nitrogens with one attached hydrogen (secondary N) is 1. The van der Waals surface area contributed by atoms with Crippen molar-refractivity contribution in [2.75, 3.05) is 5.75 Å². The third-order valence-corrected chi connectivity index (χ3v) is 3.12. The molecular weight excluding hydrogens is 220 g/mol. The first kappa shape index (κ1) is 11.2. The van der Waals surface area contributed by atoms with Crippen molar-refractivity contribution in [1.29, 1.82) is 0 Å². The molecule has 0 amide bonds. The van der Waals surface area contributed by atoms with Gasteiger partial charge in [0, 0.05) is 17.4 Å². The van der Waals surface area contributed by atoms with Crippen LogP contribution in [0.3, 0.4) is 0 Å². The highest BCUT2D eigenvalue weighted by atomic mass is 32.2. The highest BCUT2D eigenvalue weighted by Crippen LogP contribution is 2.18. The summed E-state index contributed by atoms with van der Waals surface area (Å²) < 4.78 is 0. The smallest absolute Gasteiger partial charge is 0.208 e. The second-order valence-electron chi connectivity index (χ2n) is 3.62. The van der Waals surface area contributed by atoms with Gasteiger partial charge in [-0.05, 0) is 6.92 Å². The molecule has 2 aromatic rings. The molecule has 1 heterocycles. The predicted molar refractivity (Wildman–Crippen MR) is 66.2 cm³/mol. The van der Waals surface area contributed by atoms with Crippen molar-refractivity contribution in [3.05, 3.63) is 30.3 Å². The summed E-state index contributed by atoms with van der Waals surface area (Å²) in [5, 5.41) is 7.81. The van der Waals surface area contributed by atoms with E-state index < -0.39 is 0 Å². The Balaban J connectivity index is 2.08. The van der Waals surface area contributed by atoms with E-state index in [1.165, 1.54) is 0 Å². The molecule has 2 rings (SSSR count). The molecule has 0 saturated carbocycles. The van der Waals surface area contributed by atoms with Crippen LogP contribution in [0.25, 0.3) is 11.4 Å². The molecule has 0 spiro atoms. The zero-order chi connectivity index (χ0) is 11.4. The van der Waals surface area contributed by atoms with Crippen LogP contribution in [0.2, 0.25) is 0 Å². The Kier molecular flexibility index (Phi) is 3.58. The first-order valence-corrected chi connectivity index (χ1v) is 6.10. The Morgan fingerprint density at radius 3 is 2.81 bits per heavy atom. The third-order valence-electron chi connectivity index (χ3n) is 1.99. The van der Waals surface area contributed by atoms with E-state index in [0.717, 1.165) is 22.3 Å². The van der Waals surface area contributed by atoms with E-state index in [1.54, 1.807) is 11.8 Å². The molecule has 0 aliphatic carbocycles. The Hall–Kier alpha value is -1.33. The molecule has 0 fully saturated rings. The minimum Gasteiger partial charge on any atom is -0.327 e. The summed E-state index contributed by atoms with van der Waals surface area (Å²) in [5.74, 6) is 1.62. The van der Waals surface area contributed by atoms with E-state index in [9.17, 15) is 0 Å². The van der Waals surface area contributed by atoms with Crippen molar-refractivity contribution in [3.8, 4) is 11.4 Å². The zero-order valence-electron chi connectivity index (χ0n) is 9.05. The normalized spacial score (nSPS) is 12.6. The van der Waals surface area contributed by atoms with Gasteiger partial charge in [-0.3, -0.25) is 5.10 Å². The lowest BCUT2D eigenvalue weighted by Gasteiger charge is -1.99. The second kappa shape index (κ2) is 5.14. The highest BCUT2D eigenvalue weighted by Gasteiger charge is 2.06. The molecule has 84 valence electrons. The van der Waals surface area contributed by atoms with Gasteiger partial charge in [0.25, 0.3) is 0 Å². The zero-order valence-corrected chi connectivity index (χ0v) is 9.87. The van der Waals surface area contributed by atoms with Crippen molar-refractivity contribution < 1.29 is 0 Å². The van der Waals surface area contributed by atoms with Gasteiger partial charge in [0.1, 0.15) is 0 Å². The van der Waals surface area contributed by atoms with Crippen LogP contribution >= 0.6 is 11.8 Å². The molecule has 5 heteroatoms. The Bertz CT molecular complexity index is 438. The van der Waals surface area contributed by atoms with Crippen LogP contribution in [-0.4, -0.2) is 27.0 Å². The summed E-state index contributed by atoms with van der Waals surface area (Å²) in [5.41, 5.74) is 6.72. The number of thioether (sulfide) groups is 1. The number of nitrogens with zero attached hydrogens (tertiary/aromatic N) is 2. The lowest BCUT2D eigenvalue weighted by Crippen LogP contribution is -2.17. The minimum atomic E-state index is 0.156. The topological polar surface area (TPSA) is 67.6 Å². The largest absolute Gasteiger partial charge is 0.327 e. The van der Waals surface area contributed by atoms with E-state index in [4.69, 9.17) is 5.73 Å². The standard InChI is InChI=1S/C11H14N4S/c1-8(12)7-16-11-13-10(14-15-11)9-5-3-2-4-6-9/h2-6,8H,7,12H2,1H3,(H,13,14,15)/t8-/m1/s1. The number of nitrogens with two attached hydrogens (primary N) is 1. The number of rotatable bonds is 4. The maximum atomic E-state index is 5.67. The molecule has 3 N–H and O–H groups in total. The van der Waals surface area contributed by atoms with Gasteiger partial charge >= 0.3 is 0 Å². The van der Waals surface area contributed by atoms with E-state index in [-0.39, 0.29) is 6.04 Å². The van der Waals surface area contributed by atoms with Crippen molar-refractivity contribution in [1.82, 2.24) is 15.2 Å². The number of hydrogen-bond donors (Lipinski definition) is 2. The van der Waals surface area contributed by atoms with Crippen LogP contribution in [0.4, 0.5) is 0 Å². The van der Waals surface area contributed by atoms with Gasteiger partial charge < -0.3 is 5.73 Å². The summed E-state index contributed by atoms with van der Waals surface area (Å²) in [6.45, 7) is 1.97. The van der Waals surface area contributed by atoms with Gasteiger partial charge in [0.15, 0.2) is 5.82 Å². The molecule has 0 bridgehead atoms. The Morgan fingerprint density at radius 1 is 1.38 bits per heavy atom. The lowest BCUT2D eigenvalue weighted by atomic mass is 10.2. The van der Waals surface area contributed by atoms with Crippen LogP contribution in [0, 0.1) is 0 Å². The van der Waals surface area contributed by atoms with Crippen LogP contribution < -0.4 is 5.73 Å². The second-order valence-corrected chi connectivity index (χ2v) is 4.61. The maximum Gasteiger partial charge on any atom is 0.208 e. The molecule has 1 aromatic carbocycles. The summed E-state index contributed by atoms with van der Waals surface area (Å²) in [6, 6.07) is 10.1. The summed E-state index contributed by atoms with van der Waals surface area (Å²) in [4.78, 5) is 4.39. The monoisotopic (exact) mass is 234 g/mol. The predicted octanol–water partition coefficient (Wildman–Crippen LogP) is 1.91. The van der Waals surface area contributed by atoms with E-state index in [2.05, 4.69) is 15.2 Å². The fraction of sp³-hybridized carbons (Fsp3) is 0.273. The van der Waals surface area contributed by atoms with Gasteiger partial charge in [0.2, 0.25) is 5.16 Å². The van der Waals surface area contributed by atoms with Gasteiger partial charge in [-0.15, -0.1) is 5.10 Å². The molecule has 1 aromatic heterocycles. The third kappa shape index (κ3) is 2.84. The fourth-order valence-electron chi connectivity index (χ4n) is 1.24. The lowest BCUT2D eigenvalue weighted by molar-refractivity contribution is 0.842. The van der Waals surface area contributed by atoms with Crippen LogP contribution in [-0.2, 0) is 0 Å². The first-order valence-electron chi connectivity index (χ1n) is 5.12. The molecule has 0 saturated heterocycles. The van der Waals surface area contributed by atoms with Gasteiger partial charge in [-0.25, -0.2) is 4.98 Å². The van der Waals surface area contributed by atoms with E-state index in [1.807, 2.05) is 37.3 Å². The SMILES string of the molecule is C[C@@H](N)CSc1n[nH]c(-c2ccccc2)n1. The molecule has 0 unspecified atom stereocenters. The number of H-pyrrole nitrogens is 1. The summed E-state index contributed by atoms with van der Waals surface area (Å²) in [6.07, 6.45) is 0. The molecule has 4 nitrogen and oxygen atoms in total. The number of aromatic amines is 1. The van der Waals surface area contributed by atoms with Gasteiger partial charge in [0.05, 0.1) is 0 Å². The Labute approximate surface area is 98.7 Å². The molecule has 1 atom stereocenters. The average molecular weight is 234 g/mol. The van der Waals surface area contributed by atoms with Crippen LogP contribution in [0.5, 0.6) is 0 Å². The average Bonchev–Trinajstić information content (AvgIpc) is 2.76. The van der Waals surface area contributed by atoms with Crippen molar-refractivity contribution in [2.45, 2.75) is 18.1 Å². The summed E-state index contributed by atoms with van der Waals surface area (Å²) >= 11 is 1.57. The van der Waals surface area contributed by atoms with Crippen LogP contribution in [0.1, 0.15) is 6.92 Å². The number of aromatic nitrogens is 3. The van der Waals surface area contributed by atoms with Crippen LogP contribution in [0.15, 0.2) is 35.5 Å². The van der Waals surface area contributed by atoms with Gasteiger partial charge in [-0.1, -0.05) is 42.1 Å². The molecule has 0 aliphatic rings. The molecule has 0 radical (unpaired) electrons. The summed E-state index contributed by atoms with van der Waals surface area (Å²) in [7, 11) is 0. The fourth-order valence-corrected chi connectivity index (χ4v) is 1.92. The highest BCUT2D eigenvalue weighted by molar-refractivity contribution is 7.99. The van der Waals surface area contributed by atoms with Gasteiger partial charge in [-0.2, -0.15) is 0 Å². The quantitative estimate of drug-likeness (QED) is 0.793. The molecule has 16 heavy (non-hydrogen) atoms. The molecule has 0 aliphatic heterocycles. The molecular formula is C11H14N4S. The number of benzene rings is 1. The van der Waals surface area contributed by atoms with Crippen molar-refractivity contribution in [3.63, 3.8) is 0 Å². The minimum absolute atomic E-state index is 0.156. The van der Waals surface area contributed by atoms with Crippen molar-refractivity contribution >= 4 is 11.8 Å². The Morgan fingerprint density at radius 2 is 2.12 bits per heavy atom. The first-order chi connectivity index (χ1) is 7.75.